The quantitative estimate of drug-likeness (QED) is 0.635. The van der Waals surface area contributed by atoms with Gasteiger partial charge in [0.15, 0.2) is 0 Å². The number of nitrogens with zero attached hydrogens (tertiary/aromatic N) is 4. The molecule has 2 saturated heterocycles. The third-order valence-corrected chi connectivity index (χ3v) is 6.85. The van der Waals surface area contributed by atoms with Crippen molar-refractivity contribution in [3.63, 3.8) is 0 Å². The number of nitrogens with one attached hydrogen (secondary N) is 1. The molecule has 2 bridgehead atoms. The number of hydrogen-bond donors (Lipinski definition) is 1. The van der Waals surface area contributed by atoms with Gasteiger partial charge in [0.25, 0.3) is 11.8 Å². The van der Waals surface area contributed by atoms with Crippen molar-refractivity contribution >= 4 is 17.2 Å². The van der Waals surface area contributed by atoms with Gasteiger partial charge < -0.3 is 19.5 Å². The maximum Gasteiger partial charge on any atom is 0.276 e. The summed E-state index contributed by atoms with van der Waals surface area (Å²) in [6.07, 6.45) is 10.4. The van der Waals surface area contributed by atoms with E-state index in [-0.39, 0.29) is 28.7 Å². The van der Waals surface area contributed by atoms with Crippen molar-refractivity contribution in [1.29, 1.82) is 0 Å². The highest BCUT2D eigenvalue weighted by atomic mass is 16.5. The molecule has 2 saturated carbocycles. The molecule has 0 radical (unpaired) electrons. The lowest BCUT2D eigenvalue weighted by Crippen LogP contribution is -2.45. The predicted octanol–water partition coefficient (Wildman–Crippen LogP) is 3.14. The lowest BCUT2D eigenvalue weighted by Gasteiger charge is -2.41. The number of ether oxygens (including phenoxy) is 3. The Hall–Kier alpha value is -3.20. The van der Waals surface area contributed by atoms with E-state index in [9.17, 15) is 4.79 Å². The number of imidazole rings is 1. The summed E-state index contributed by atoms with van der Waals surface area (Å²) in [5.74, 6) is 0.362. The Morgan fingerprint density at radius 3 is 2.78 bits per heavy atom. The van der Waals surface area contributed by atoms with Crippen molar-refractivity contribution in [1.82, 2.24) is 19.4 Å². The average Bonchev–Trinajstić information content (AvgIpc) is 3.41. The van der Waals surface area contributed by atoms with Gasteiger partial charge in [-0.3, -0.25) is 9.20 Å². The fourth-order valence-electron chi connectivity index (χ4n) is 5.05. The highest BCUT2D eigenvalue weighted by molar-refractivity contribution is 6.03. The number of methoxy groups -OCH3 is 1. The molecule has 4 aliphatic rings. The van der Waals surface area contributed by atoms with E-state index in [0.29, 0.717) is 29.7 Å². The molecule has 2 aliphatic carbocycles. The molecule has 2 aliphatic heterocycles. The number of rotatable bonds is 6. The topological polar surface area (TPSA) is 99.9 Å². The first-order valence-corrected chi connectivity index (χ1v) is 11.0. The molecule has 1 N–H and O–H groups in total. The van der Waals surface area contributed by atoms with E-state index in [0.717, 1.165) is 37.8 Å². The largest absolute Gasteiger partial charge is 0.480 e. The van der Waals surface area contributed by atoms with Gasteiger partial charge in [0, 0.05) is 24.0 Å². The fraction of sp³-hybridized carbons (Fsp3) is 0.478. The molecule has 32 heavy (non-hydrogen) atoms. The van der Waals surface area contributed by atoms with Crippen LogP contribution in [-0.4, -0.2) is 50.7 Å². The number of aromatic nitrogens is 4. The van der Waals surface area contributed by atoms with Gasteiger partial charge in [-0.1, -0.05) is 0 Å². The van der Waals surface area contributed by atoms with Crippen molar-refractivity contribution in [3.05, 3.63) is 42.1 Å². The monoisotopic (exact) mass is 435 g/mol. The van der Waals surface area contributed by atoms with Gasteiger partial charge in [-0.05, 0) is 51.2 Å². The van der Waals surface area contributed by atoms with Gasteiger partial charge in [0.1, 0.15) is 17.5 Å². The molecular formula is C23H25N5O4. The van der Waals surface area contributed by atoms with Crippen molar-refractivity contribution in [2.75, 3.05) is 19.0 Å². The normalized spacial score (nSPS) is 26.4. The fourth-order valence-corrected chi connectivity index (χ4v) is 5.05. The van der Waals surface area contributed by atoms with Crippen molar-refractivity contribution in [2.45, 2.75) is 56.1 Å². The molecular weight excluding hydrogens is 410 g/mol. The van der Waals surface area contributed by atoms with E-state index in [1.165, 1.54) is 7.11 Å². The molecule has 0 atom stereocenters. The third-order valence-electron chi connectivity index (χ3n) is 6.85. The second-order valence-electron chi connectivity index (χ2n) is 9.35. The zero-order chi connectivity index (χ0) is 21.9. The first kappa shape index (κ1) is 19.5. The van der Waals surface area contributed by atoms with Crippen LogP contribution in [-0.2, 0) is 10.2 Å². The molecule has 3 aromatic heterocycles. The molecule has 4 fully saturated rings. The Morgan fingerprint density at radius 1 is 1.25 bits per heavy atom. The van der Waals surface area contributed by atoms with Crippen LogP contribution in [0.15, 0.2) is 30.7 Å². The molecule has 0 aromatic carbocycles. The van der Waals surface area contributed by atoms with Crippen LogP contribution in [0.3, 0.4) is 0 Å². The SMILES string of the molecule is COc1ncccc1NC(=O)c1cn2cc(C34COC(C)(C3)C4)nc2c(OC2CCC2)n1. The van der Waals surface area contributed by atoms with Gasteiger partial charge in [0.2, 0.25) is 11.5 Å². The lowest BCUT2D eigenvalue weighted by atomic mass is 9.62. The van der Waals surface area contributed by atoms with Crippen LogP contribution < -0.4 is 14.8 Å². The van der Waals surface area contributed by atoms with Crippen LogP contribution >= 0.6 is 0 Å². The summed E-state index contributed by atoms with van der Waals surface area (Å²) >= 11 is 0. The van der Waals surface area contributed by atoms with E-state index in [2.05, 4.69) is 22.2 Å². The van der Waals surface area contributed by atoms with Crippen LogP contribution in [0.25, 0.3) is 5.65 Å². The molecule has 0 unspecified atom stereocenters. The molecule has 0 spiro atoms. The Balaban J connectivity index is 1.37. The third kappa shape index (κ3) is 3.02. The number of pyridine rings is 1. The van der Waals surface area contributed by atoms with Gasteiger partial charge in [-0.25, -0.2) is 15.0 Å². The predicted molar refractivity (Wildman–Crippen MR) is 115 cm³/mol. The van der Waals surface area contributed by atoms with Crippen molar-refractivity contribution in [2.24, 2.45) is 0 Å². The molecule has 9 nitrogen and oxygen atoms in total. The minimum absolute atomic E-state index is 0.0346. The minimum atomic E-state index is -0.370. The Kier molecular flexibility index (Phi) is 4.20. The molecule has 7 rings (SSSR count). The van der Waals surface area contributed by atoms with Crippen LogP contribution in [0.5, 0.6) is 11.8 Å². The summed E-state index contributed by atoms with van der Waals surface area (Å²) in [4.78, 5) is 26.6. The van der Waals surface area contributed by atoms with E-state index in [1.807, 2.05) is 10.6 Å². The average molecular weight is 435 g/mol. The molecule has 9 heteroatoms. The summed E-state index contributed by atoms with van der Waals surface area (Å²) in [6.45, 7) is 2.82. The van der Waals surface area contributed by atoms with Gasteiger partial charge >= 0.3 is 0 Å². The summed E-state index contributed by atoms with van der Waals surface area (Å²) in [6, 6.07) is 3.47. The zero-order valence-corrected chi connectivity index (χ0v) is 18.1. The molecule has 166 valence electrons. The van der Waals surface area contributed by atoms with E-state index in [1.54, 1.807) is 24.5 Å². The van der Waals surface area contributed by atoms with Crippen LogP contribution in [0, 0.1) is 0 Å². The first-order chi connectivity index (χ1) is 15.5. The Morgan fingerprint density at radius 2 is 2.09 bits per heavy atom. The number of amides is 1. The number of anilines is 1. The van der Waals surface area contributed by atoms with Gasteiger partial charge in [-0.2, -0.15) is 0 Å². The summed E-state index contributed by atoms with van der Waals surface area (Å²) in [7, 11) is 1.51. The van der Waals surface area contributed by atoms with E-state index >= 15 is 0 Å². The highest BCUT2D eigenvalue weighted by Crippen LogP contribution is 2.58. The van der Waals surface area contributed by atoms with Crippen LogP contribution in [0.2, 0.25) is 0 Å². The maximum atomic E-state index is 13.1. The van der Waals surface area contributed by atoms with Crippen LogP contribution in [0.4, 0.5) is 5.69 Å². The second-order valence-corrected chi connectivity index (χ2v) is 9.35. The van der Waals surface area contributed by atoms with Gasteiger partial charge in [-0.15, -0.1) is 0 Å². The number of carbonyl (C=O) groups excluding carboxylic acids is 1. The van der Waals surface area contributed by atoms with E-state index in [4.69, 9.17) is 19.2 Å². The zero-order valence-electron chi connectivity index (χ0n) is 18.1. The highest BCUT2D eigenvalue weighted by Gasteiger charge is 2.61. The van der Waals surface area contributed by atoms with Crippen LogP contribution in [0.1, 0.15) is 55.2 Å². The first-order valence-electron chi connectivity index (χ1n) is 11.0. The van der Waals surface area contributed by atoms with Crippen molar-refractivity contribution < 1.29 is 19.0 Å². The number of fused-ring (bicyclic) bond motifs is 2. The summed E-state index contributed by atoms with van der Waals surface area (Å²) < 4.78 is 19.2. The Labute approximate surface area is 185 Å². The molecule has 5 heterocycles. The Bertz CT molecular complexity index is 1210. The number of carbonyl (C=O) groups is 1. The minimum Gasteiger partial charge on any atom is -0.480 e. The van der Waals surface area contributed by atoms with Crippen molar-refractivity contribution in [3.8, 4) is 11.8 Å². The summed E-state index contributed by atoms with van der Waals surface area (Å²) in [5, 5.41) is 2.83. The molecule has 1 amide bonds. The lowest BCUT2D eigenvalue weighted by molar-refractivity contribution is 0.0154. The van der Waals surface area contributed by atoms with Gasteiger partial charge in [0.05, 0.1) is 25.0 Å². The second kappa shape index (κ2) is 6.90. The molecule has 3 aromatic rings. The van der Waals surface area contributed by atoms with E-state index < -0.39 is 0 Å². The standard InChI is InChI=1S/C23H25N5O4/c1-22-11-23(12-22,13-31-22)17-10-28-9-16(19(29)25-15-7-4-8-24-20(15)30-2)26-21(18(28)27-17)32-14-5-3-6-14/h4,7-10,14H,3,5-6,11-13H2,1-2H3,(H,25,29). The summed E-state index contributed by atoms with van der Waals surface area (Å²) in [5.41, 5.74) is 2.23. The smallest absolute Gasteiger partial charge is 0.276 e. The number of hydrogen-bond acceptors (Lipinski definition) is 7. The maximum absolute atomic E-state index is 13.1.